The molecule has 18 heteroatoms. The largest absolute Gasteiger partial charge is 0.490 e. The van der Waals surface area contributed by atoms with Crippen LogP contribution in [-0.4, -0.2) is 45.5 Å². The average molecular weight is 678 g/mol. The summed E-state index contributed by atoms with van der Waals surface area (Å²) in [7, 11) is 0. The molecule has 0 bridgehead atoms. The van der Waals surface area contributed by atoms with Crippen molar-refractivity contribution in [3.05, 3.63) is 94.2 Å². The lowest BCUT2D eigenvalue weighted by atomic mass is 9.97. The van der Waals surface area contributed by atoms with E-state index in [1.165, 1.54) is 18.3 Å². The van der Waals surface area contributed by atoms with Crippen LogP contribution in [0.25, 0.3) is 0 Å². The second-order valence-corrected chi connectivity index (χ2v) is 8.37. The number of urea groups is 1. The average Bonchev–Trinajstić information content (AvgIpc) is 2.87. The first kappa shape index (κ1) is 35.7. The molecule has 0 aliphatic carbocycles. The molecule has 1 heterocycles. The molecule has 42 heavy (non-hydrogen) atoms. The van der Waals surface area contributed by atoms with Crippen molar-refractivity contribution in [3.8, 4) is 0 Å². The highest BCUT2D eigenvalue weighted by Gasteiger charge is 2.39. The van der Waals surface area contributed by atoms with Gasteiger partial charge in [0.05, 0.1) is 23.5 Å². The van der Waals surface area contributed by atoms with Gasteiger partial charge in [-0.3, -0.25) is 4.98 Å². The topological polar surface area (TPSA) is 129 Å². The van der Waals surface area contributed by atoms with Crippen molar-refractivity contribution in [2.75, 3.05) is 5.32 Å². The quantitative estimate of drug-likeness (QED) is 0.219. The normalized spacial score (nSPS) is 12.0. The number of carbonyl (C=O) groups is 3. The predicted molar refractivity (Wildman–Crippen MR) is 131 cm³/mol. The number of pyridine rings is 1. The Balaban J connectivity index is 0.000000522. The molecule has 0 spiro atoms. The Hall–Kier alpha value is -4.35. The summed E-state index contributed by atoms with van der Waals surface area (Å²) in [6.45, 7) is 0. The molecule has 3 rings (SSSR count). The second kappa shape index (κ2) is 15.0. The van der Waals surface area contributed by atoms with Crippen molar-refractivity contribution in [2.45, 2.75) is 24.6 Å². The Morgan fingerprint density at radius 3 is 1.67 bits per heavy atom. The van der Waals surface area contributed by atoms with Crippen LogP contribution in [0.4, 0.5) is 50.0 Å². The number of carbonyl (C=O) groups excluding carboxylic acids is 1. The fourth-order valence-electron chi connectivity index (χ4n) is 2.65. The minimum atomic E-state index is -5.08. The van der Waals surface area contributed by atoms with E-state index in [1.807, 2.05) is 6.07 Å². The van der Waals surface area contributed by atoms with Crippen LogP contribution in [0.1, 0.15) is 22.7 Å². The van der Waals surface area contributed by atoms with Gasteiger partial charge in [-0.25, -0.2) is 14.4 Å². The summed E-state index contributed by atoms with van der Waals surface area (Å²) >= 11 is 3.44. The maximum absolute atomic E-state index is 12.9. The van der Waals surface area contributed by atoms with E-state index in [0.717, 1.165) is 16.6 Å². The fourth-order valence-corrected chi connectivity index (χ4v) is 3.16. The minimum Gasteiger partial charge on any atom is -0.475 e. The van der Waals surface area contributed by atoms with Gasteiger partial charge in [0, 0.05) is 10.7 Å². The van der Waals surface area contributed by atoms with Crippen LogP contribution in [0.2, 0.25) is 0 Å². The standard InChI is InChI=1S/C20H15BrF3N3O.2C2HF3O2/c21-17-6-2-1-5-16(17)18(13-7-9-14(10-8-13)20(22,23)24)27-19(28)26-15-4-3-11-25-12-15;2*3-2(4,5)1(6)7/h1-12,18H,(H2,26,27,28);2*(H,6,7)/t18-;;/m0../s1. The first-order valence-electron chi connectivity index (χ1n) is 10.7. The van der Waals surface area contributed by atoms with Gasteiger partial charge in [0.25, 0.3) is 0 Å². The number of alkyl halides is 9. The molecular weight excluding hydrogens is 661 g/mol. The number of carboxylic acids is 2. The van der Waals surface area contributed by atoms with Gasteiger partial charge >= 0.3 is 36.5 Å². The molecule has 0 aliphatic heterocycles. The van der Waals surface area contributed by atoms with E-state index in [1.54, 1.807) is 36.5 Å². The molecule has 2 amide bonds. The molecule has 228 valence electrons. The van der Waals surface area contributed by atoms with Gasteiger partial charge in [-0.05, 0) is 41.5 Å². The highest BCUT2D eigenvalue weighted by molar-refractivity contribution is 9.10. The van der Waals surface area contributed by atoms with E-state index in [4.69, 9.17) is 19.8 Å². The first-order valence-corrected chi connectivity index (χ1v) is 11.5. The summed E-state index contributed by atoms with van der Waals surface area (Å²) < 4.78 is 103. The number of nitrogens with zero attached hydrogens (tertiary/aromatic N) is 1. The van der Waals surface area contributed by atoms with E-state index in [9.17, 15) is 44.3 Å². The van der Waals surface area contributed by atoms with Crippen LogP contribution in [-0.2, 0) is 15.8 Å². The van der Waals surface area contributed by atoms with Gasteiger partial charge in [-0.15, -0.1) is 0 Å². The van der Waals surface area contributed by atoms with Gasteiger partial charge in [-0.1, -0.05) is 46.3 Å². The molecule has 0 saturated carbocycles. The molecule has 0 aliphatic rings. The number of nitrogens with one attached hydrogen (secondary N) is 2. The summed E-state index contributed by atoms with van der Waals surface area (Å²) in [4.78, 5) is 34.2. The third-order valence-electron chi connectivity index (χ3n) is 4.47. The zero-order chi connectivity index (χ0) is 32.3. The monoisotopic (exact) mass is 677 g/mol. The molecule has 4 N–H and O–H groups in total. The molecule has 0 radical (unpaired) electrons. The van der Waals surface area contributed by atoms with Crippen molar-refractivity contribution in [2.24, 2.45) is 0 Å². The van der Waals surface area contributed by atoms with E-state index < -0.39 is 48.1 Å². The molecule has 8 nitrogen and oxygen atoms in total. The van der Waals surface area contributed by atoms with Crippen LogP contribution >= 0.6 is 15.9 Å². The van der Waals surface area contributed by atoms with Gasteiger partial charge in [0.2, 0.25) is 0 Å². The van der Waals surface area contributed by atoms with E-state index in [0.29, 0.717) is 16.8 Å². The zero-order valence-electron chi connectivity index (χ0n) is 20.4. The predicted octanol–water partition coefficient (Wildman–Crippen LogP) is 7.04. The SMILES string of the molecule is O=C(Nc1cccnc1)N[C@@H](c1ccc(C(F)(F)F)cc1)c1ccccc1Br.O=C(O)C(F)(F)F.O=C(O)C(F)(F)F. The molecule has 2 aromatic carbocycles. The summed E-state index contributed by atoms with van der Waals surface area (Å²) in [5.74, 6) is -5.51. The third-order valence-corrected chi connectivity index (χ3v) is 5.19. The van der Waals surface area contributed by atoms with Crippen LogP contribution < -0.4 is 10.6 Å². The zero-order valence-corrected chi connectivity index (χ0v) is 21.9. The number of rotatable bonds is 4. The smallest absolute Gasteiger partial charge is 0.475 e. The Labute approximate surface area is 238 Å². The lowest BCUT2D eigenvalue weighted by molar-refractivity contribution is -0.193. The molecule has 3 aromatic rings. The van der Waals surface area contributed by atoms with Crippen LogP contribution in [0.15, 0.2) is 77.5 Å². The third kappa shape index (κ3) is 12.4. The lowest BCUT2D eigenvalue weighted by Gasteiger charge is -2.22. The number of aliphatic carboxylic acids is 2. The van der Waals surface area contributed by atoms with E-state index in [2.05, 4.69) is 31.5 Å². The number of halogens is 10. The van der Waals surface area contributed by atoms with Crippen molar-refractivity contribution in [3.63, 3.8) is 0 Å². The molecule has 0 unspecified atom stereocenters. The molecule has 0 fully saturated rings. The van der Waals surface area contributed by atoms with Gasteiger partial charge in [0.15, 0.2) is 0 Å². The summed E-state index contributed by atoms with van der Waals surface area (Å²) in [5.41, 5.74) is 0.977. The summed E-state index contributed by atoms with van der Waals surface area (Å²) in [6.07, 6.45) is -11.5. The van der Waals surface area contributed by atoms with Gasteiger partial charge < -0.3 is 20.8 Å². The fraction of sp³-hybridized carbons (Fsp3) is 0.167. The molecular formula is C24H17BrF9N3O5. The second-order valence-electron chi connectivity index (χ2n) is 7.52. The number of anilines is 1. The Morgan fingerprint density at radius 1 is 0.762 bits per heavy atom. The highest BCUT2D eigenvalue weighted by Crippen LogP contribution is 2.33. The Bertz CT molecular complexity index is 1310. The number of hydrogen-bond acceptors (Lipinski definition) is 4. The van der Waals surface area contributed by atoms with Crippen molar-refractivity contribution in [1.82, 2.24) is 10.3 Å². The first-order chi connectivity index (χ1) is 19.2. The van der Waals surface area contributed by atoms with E-state index >= 15 is 0 Å². The highest BCUT2D eigenvalue weighted by atomic mass is 79.9. The number of benzene rings is 2. The van der Waals surface area contributed by atoms with Crippen LogP contribution in [0, 0.1) is 0 Å². The number of amides is 2. The molecule has 0 saturated heterocycles. The van der Waals surface area contributed by atoms with Crippen molar-refractivity contribution < 1.29 is 64.1 Å². The van der Waals surface area contributed by atoms with Crippen molar-refractivity contribution >= 4 is 39.6 Å². The number of hydrogen-bond donors (Lipinski definition) is 4. The Kier molecular flexibility index (Phi) is 12.8. The maximum atomic E-state index is 12.9. The van der Waals surface area contributed by atoms with Crippen LogP contribution in [0.3, 0.4) is 0 Å². The lowest BCUT2D eigenvalue weighted by Crippen LogP contribution is -2.33. The van der Waals surface area contributed by atoms with Crippen LogP contribution in [0.5, 0.6) is 0 Å². The number of aromatic nitrogens is 1. The maximum Gasteiger partial charge on any atom is 0.490 e. The summed E-state index contributed by atoms with van der Waals surface area (Å²) in [6, 6.07) is 14.1. The molecule has 1 aromatic heterocycles. The van der Waals surface area contributed by atoms with Gasteiger partial charge in [0.1, 0.15) is 0 Å². The minimum absolute atomic E-state index is 0.498. The summed E-state index contributed by atoms with van der Waals surface area (Å²) in [5, 5.41) is 19.7. The van der Waals surface area contributed by atoms with E-state index in [-0.39, 0.29) is 0 Å². The van der Waals surface area contributed by atoms with Crippen molar-refractivity contribution in [1.29, 1.82) is 0 Å². The Morgan fingerprint density at radius 2 is 1.26 bits per heavy atom. The number of carboxylic acid groups (broad SMARTS) is 2. The molecule has 1 atom stereocenters. The van der Waals surface area contributed by atoms with Gasteiger partial charge in [-0.2, -0.15) is 39.5 Å².